The Morgan fingerprint density at radius 3 is 2.68 bits per heavy atom. The van der Waals surface area contributed by atoms with Gasteiger partial charge < -0.3 is 14.8 Å². The lowest BCUT2D eigenvalue weighted by Gasteiger charge is -2.07. The molecule has 1 amide bonds. The summed E-state index contributed by atoms with van der Waals surface area (Å²) in [6, 6.07) is 13.1. The zero-order valence-corrected chi connectivity index (χ0v) is 17.5. The first kappa shape index (κ1) is 20.2. The first-order valence-corrected chi connectivity index (χ1v) is 9.97. The second-order valence-electron chi connectivity index (χ2n) is 6.19. The molecule has 146 valence electrons. The number of benzene rings is 2. The number of thiazole rings is 1. The molecule has 3 rings (SSSR count). The summed E-state index contributed by atoms with van der Waals surface area (Å²) in [5, 5.41) is 3.94. The molecule has 0 atom stereocenters. The van der Waals surface area contributed by atoms with E-state index in [9.17, 15) is 4.79 Å². The fourth-order valence-electron chi connectivity index (χ4n) is 2.74. The topological polar surface area (TPSA) is 60.5 Å². The molecule has 0 spiro atoms. The van der Waals surface area contributed by atoms with Crippen molar-refractivity contribution in [1.82, 2.24) is 4.98 Å². The van der Waals surface area contributed by atoms with Gasteiger partial charge in [-0.05, 0) is 49.7 Å². The third-order valence-electron chi connectivity index (χ3n) is 4.13. The smallest absolute Gasteiger partial charge is 0.229 e. The summed E-state index contributed by atoms with van der Waals surface area (Å²) in [5.74, 6) is 1.25. The van der Waals surface area contributed by atoms with Gasteiger partial charge in [0.15, 0.2) is 5.13 Å². The van der Waals surface area contributed by atoms with Crippen molar-refractivity contribution < 1.29 is 14.3 Å². The van der Waals surface area contributed by atoms with Gasteiger partial charge in [0.2, 0.25) is 5.91 Å². The van der Waals surface area contributed by atoms with Gasteiger partial charge in [0.1, 0.15) is 11.5 Å². The Bertz CT molecular complexity index is 988. The maximum atomic E-state index is 12.2. The predicted molar refractivity (Wildman–Crippen MR) is 114 cm³/mol. The van der Waals surface area contributed by atoms with Crippen LogP contribution >= 0.6 is 22.9 Å². The van der Waals surface area contributed by atoms with Gasteiger partial charge in [0.05, 0.1) is 30.9 Å². The van der Waals surface area contributed by atoms with Crippen molar-refractivity contribution in [3.8, 4) is 22.8 Å². The summed E-state index contributed by atoms with van der Waals surface area (Å²) < 4.78 is 10.9. The van der Waals surface area contributed by atoms with Gasteiger partial charge in [-0.25, -0.2) is 4.98 Å². The van der Waals surface area contributed by atoms with E-state index in [0.717, 1.165) is 27.4 Å². The average molecular weight is 417 g/mol. The van der Waals surface area contributed by atoms with E-state index < -0.39 is 0 Å². The molecule has 28 heavy (non-hydrogen) atoms. The highest BCUT2D eigenvalue weighted by atomic mass is 35.5. The molecule has 0 fully saturated rings. The van der Waals surface area contributed by atoms with Crippen molar-refractivity contribution in [2.75, 3.05) is 19.0 Å². The normalized spacial score (nSPS) is 10.6. The van der Waals surface area contributed by atoms with Gasteiger partial charge in [0, 0.05) is 10.4 Å². The van der Waals surface area contributed by atoms with Crippen molar-refractivity contribution >= 4 is 34.0 Å². The number of anilines is 1. The Balaban J connectivity index is 1.61. The van der Waals surface area contributed by atoms with Crippen LogP contribution in [0.2, 0.25) is 5.02 Å². The highest BCUT2D eigenvalue weighted by molar-refractivity contribution is 7.16. The number of methoxy groups -OCH3 is 1. The molecule has 0 radical (unpaired) electrons. The Labute approximate surface area is 173 Å². The molecule has 0 saturated heterocycles. The van der Waals surface area contributed by atoms with Gasteiger partial charge in [0.25, 0.3) is 0 Å². The number of para-hydroxylation sites is 1. The molecule has 2 aromatic carbocycles. The van der Waals surface area contributed by atoms with Crippen LogP contribution in [0.1, 0.15) is 16.9 Å². The van der Waals surface area contributed by atoms with Crippen LogP contribution < -0.4 is 14.8 Å². The molecule has 1 aromatic heterocycles. The van der Waals surface area contributed by atoms with Crippen LogP contribution in [0.4, 0.5) is 5.13 Å². The molecular weight excluding hydrogens is 396 g/mol. The number of nitrogens with zero attached hydrogens (tertiary/aromatic N) is 1. The second kappa shape index (κ2) is 9.08. The third-order valence-corrected chi connectivity index (χ3v) is 5.33. The number of aromatic nitrogens is 1. The Morgan fingerprint density at radius 2 is 1.96 bits per heavy atom. The van der Waals surface area contributed by atoms with Gasteiger partial charge >= 0.3 is 0 Å². The Hall–Kier alpha value is -2.57. The highest BCUT2D eigenvalue weighted by Gasteiger charge is 2.13. The van der Waals surface area contributed by atoms with Crippen LogP contribution in [0, 0.1) is 13.8 Å². The second-order valence-corrected chi connectivity index (χ2v) is 7.80. The number of carbonyl (C=O) groups excluding carboxylic acids is 1. The van der Waals surface area contributed by atoms with E-state index in [1.165, 1.54) is 11.3 Å². The molecule has 0 aliphatic carbocycles. The number of halogens is 1. The standard InChI is InChI=1S/C21H21ClN2O3S/c1-13-12-15(8-9-17(13)26-3)20-14(2)28-21(24-20)23-19(25)10-11-27-18-7-5-4-6-16(18)22/h4-9,12H,10-11H2,1-3H3,(H,23,24,25). The van der Waals surface area contributed by atoms with Crippen molar-refractivity contribution in [2.45, 2.75) is 20.3 Å². The number of hydrogen-bond acceptors (Lipinski definition) is 5. The van der Waals surface area contributed by atoms with Crippen LogP contribution in [-0.2, 0) is 4.79 Å². The molecule has 0 unspecified atom stereocenters. The van der Waals surface area contributed by atoms with E-state index in [1.807, 2.05) is 44.2 Å². The quantitative estimate of drug-likeness (QED) is 0.552. The maximum Gasteiger partial charge on any atom is 0.229 e. The lowest BCUT2D eigenvalue weighted by Crippen LogP contribution is -2.15. The molecule has 0 aliphatic heterocycles. The summed E-state index contributed by atoms with van der Waals surface area (Å²) in [6.45, 7) is 4.22. The predicted octanol–water partition coefficient (Wildman–Crippen LogP) is 5.50. The Morgan fingerprint density at radius 1 is 1.18 bits per heavy atom. The number of rotatable bonds is 7. The van der Waals surface area contributed by atoms with Gasteiger partial charge in [-0.1, -0.05) is 23.7 Å². The molecule has 0 bridgehead atoms. The van der Waals surface area contributed by atoms with Crippen LogP contribution in [0.25, 0.3) is 11.3 Å². The summed E-state index contributed by atoms with van der Waals surface area (Å²) in [7, 11) is 1.65. The number of nitrogens with one attached hydrogen (secondary N) is 1. The fraction of sp³-hybridized carbons (Fsp3) is 0.238. The summed E-state index contributed by atoms with van der Waals surface area (Å²) in [5.41, 5.74) is 2.89. The van der Waals surface area contributed by atoms with Crippen LogP contribution in [-0.4, -0.2) is 24.6 Å². The minimum absolute atomic E-state index is 0.154. The summed E-state index contributed by atoms with van der Waals surface area (Å²) >= 11 is 7.49. The fourth-order valence-corrected chi connectivity index (χ4v) is 3.78. The van der Waals surface area contributed by atoms with E-state index in [2.05, 4.69) is 10.3 Å². The molecule has 7 heteroatoms. The number of aryl methyl sites for hydroxylation is 2. The van der Waals surface area contributed by atoms with Crippen LogP contribution in [0.15, 0.2) is 42.5 Å². The van der Waals surface area contributed by atoms with Crippen molar-refractivity contribution in [2.24, 2.45) is 0 Å². The zero-order chi connectivity index (χ0) is 20.1. The highest BCUT2D eigenvalue weighted by Crippen LogP contribution is 2.32. The largest absolute Gasteiger partial charge is 0.496 e. The van der Waals surface area contributed by atoms with E-state index in [0.29, 0.717) is 15.9 Å². The van der Waals surface area contributed by atoms with Gasteiger partial charge in [-0.2, -0.15) is 0 Å². The molecule has 0 saturated carbocycles. The lowest BCUT2D eigenvalue weighted by atomic mass is 10.1. The number of carbonyl (C=O) groups is 1. The summed E-state index contributed by atoms with van der Waals surface area (Å²) in [6.07, 6.45) is 0.209. The van der Waals surface area contributed by atoms with E-state index >= 15 is 0 Å². The monoisotopic (exact) mass is 416 g/mol. The first-order chi connectivity index (χ1) is 13.5. The first-order valence-electron chi connectivity index (χ1n) is 8.77. The molecule has 5 nitrogen and oxygen atoms in total. The number of ether oxygens (including phenoxy) is 2. The minimum Gasteiger partial charge on any atom is -0.496 e. The Kier molecular flexibility index (Phi) is 6.54. The molecule has 1 heterocycles. The van der Waals surface area contributed by atoms with Crippen LogP contribution in [0.3, 0.4) is 0 Å². The summed E-state index contributed by atoms with van der Waals surface area (Å²) in [4.78, 5) is 17.8. The van der Waals surface area contributed by atoms with E-state index in [4.69, 9.17) is 21.1 Å². The average Bonchev–Trinajstić information content (AvgIpc) is 3.03. The molecule has 0 aliphatic rings. The molecular formula is C21H21ClN2O3S. The van der Waals surface area contributed by atoms with E-state index in [1.54, 1.807) is 19.2 Å². The number of hydrogen-bond donors (Lipinski definition) is 1. The number of amides is 1. The van der Waals surface area contributed by atoms with Gasteiger partial charge in [-0.15, -0.1) is 11.3 Å². The van der Waals surface area contributed by atoms with Gasteiger partial charge in [-0.3, -0.25) is 4.79 Å². The lowest BCUT2D eigenvalue weighted by molar-refractivity contribution is -0.116. The maximum absolute atomic E-state index is 12.2. The third kappa shape index (κ3) is 4.82. The van der Waals surface area contributed by atoms with Crippen LogP contribution in [0.5, 0.6) is 11.5 Å². The SMILES string of the molecule is COc1ccc(-c2nc(NC(=O)CCOc3ccccc3Cl)sc2C)cc1C. The molecule has 3 aromatic rings. The van der Waals surface area contributed by atoms with Crippen molar-refractivity contribution in [3.63, 3.8) is 0 Å². The van der Waals surface area contributed by atoms with E-state index in [-0.39, 0.29) is 18.9 Å². The zero-order valence-electron chi connectivity index (χ0n) is 15.9. The molecule has 1 N–H and O–H groups in total. The minimum atomic E-state index is -0.154. The van der Waals surface area contributed by atoms with Crippen molar-refractivity contribution in [1.29, 1.82) is 0 Å². The van der Waals surface area contributed by atoms with Crippen molar-refractivity contribution in [3.05, 3.63) is 57.9 Å².